The average molecular weight is 307 g/mol. The first-order valence-corrected chi connectivity index (χ1v) is 7.83. The van der Waals surface area contributed by atoms with Crippen LogP contribution in [-0.4, -0.2) is 82.1 Å². The number of amides is 2. The molecule has 7 heteroatoms. The van der Waals surface area contributed by atoms with Gasteiger partial charge in [0.25, 0.3) is 5.91 Å². The van der Waals surface area contributed by atoms with E-state index < -0.39 is 0 Å². The summed E-state index contributed by atoms with van der Waals surface area (Å²) in [4.78, 5) is 30.2. The molecule has 1 fully saturated rings. The lowest BCUT2D eigenvalue weighted by molar-refractivity contribution is -0.132. The molecule has 0 saturated carbocycles. The molecule has 2 rings (SSSR count). The van der Waals surface area contributed by atoms with Gasteiger partial charge in [-0.05, 0) is 13.8 Å². The summed E-state index contributed by atoms with van der Waals surface area (Å²) in [6.07, 6.45) is 3.33. The van der Waals surface area contributed by atoms with Gasteiger partial charge in [-0.25, -0.2) is 0 Å². The van der Waals surface area contributed by atoms with Crippen molar-refractivity contribution in [1.29, 1.82) is 0 Å². The molecule has 122 valence electrons. The van der Waals surface area contributed by atoms with Crippen LogP contribution in [0.3, 0.4) is 0 Å². The third kappa shape index (κ3) is 3.85. The molecule has 1 aliphatic heterocycles. The fourth-order valence-electron chi connectivity index (χ4n) is 2.69. The lowest BCUT2D eigenvalue weighted by atomic mass is 10.2. The van der Waals surface area contributed by atoms with E-state index in [1.165, 1.54) is 0 Å². The van der Waals surface area contributed by atoms with Crippen LogP contribution in [0.5, 0.6) is 0 Å². The van der Waals surface area contributed by atoms with Crippen LogP contribution in [0.4, 0.5) is 0 Å². The van der Waals surface area contributed by atoms with Gasteiger partial charge in [-0.2, -0.15) is 5.10 Å². The quantitative estimate of drug-likeness (QED) is 0.771. The first kappa shape index (κ1) is 16.5. The molecule has 0 spiro atoms. The molecule has 0 aromatic carbocycles. The highest BCUT2D eigenvalue weighted by Gasteiger charge is 2.24. The second-order valence-electron chi connectivity index (χ2n) is 5.54. The van der Waals surface area contributed by atoms with Gasteiger partial charge in [-0.1, -0.05) is 0 Å². The highest BCUT2D eigenvalue weighted by Crippen LogP contribution is 2.08. The Morgan fingerprint density at radius 1 is 1.18 bits per heavy atom. The molecule has 2 amide bonds. The highest BCUT2D eigenvalue weighted by molar-refractivity contribution is 5.93. The van der Waals surface area contributed by atoms with Gasteiger partial charge in [-0.15, -0.1) is 0 Å². The number of rotatable bonds is 5. The summed E-state index contributed by atoms with van der Waals surface area (Å²) in [6, 6.07) is 0. The molecular weight excluding hydrogens is 282 g/mol. The van der Waals surface area contributed by atoms with Crippen molar-refractivity contribution in [3.05, 3.63) is 18.0 Å². The predicted octanol–water partition coefficient (Wildman–Crippen LogP) is 0.0463. The van der Waals surface area contributed by atoms with E-state index >= 15 is 0 Å². The smallest absolute Gasteiger partial charge is 0.257 e. The fourth-order valence-corrected chi connectivity index (χ4v) is 2.69. The number of carbonyl (C=O) groups excluding carboxylic acids is 2. The minimum absolute atomic E-state index is 0.0165. The molecule has 1 aliphatic rings. The van der Waals surface area contributed by atoms with Crippen molar-refractivity contribution in [2.45, 2.75) is 13.8 Å². The number of likely N-dealkylation sites (N-methyl/N-ethyl adjacent to an activating group) is 1. The van der Waals surface area contributed by atoms with Crippen molar-refractivity contribution in [1.82, 2.24) is 24.5 Å². The summed E-state index contributed by atoms with van der Waals surface area (Å²) in [6.45, 7) is 8.69. The number of nitrogens with zero attached hydrogens (tertiary/aromatic N) is 5. The van der Waals surface area contributed by atoms with E-state index in [9.17, 15) is 9.59 Å². The molecule has 0 aliphatic carbocycles. The number of carbonyl (C=O) groups is 2. The van der Waals surface area contributed by atoms with Crippen LogP contribution >= 0.6 is 0 Å². The molecule has 1 saturated heterocycles. The average Bonchev–Trinajstić information content (AvgIpc) is 2.95. The number of aromatic nitrogens is 2. The number of aryl methyl sites for hydroxylation is 1. The van der Waals surface area contributed by atoms with Gasteiger partial charge in [-0.3, -0.25) is 19.2 Å². The van der Waals surface area contributed by atoms with E-state index in [2.05, 4.69) is 10.00 Å². The van der Waals surface area contributed by atoms with Gasteiger partial charge >= 0.3 is 0 Å². The molecule has 0 radical (unpaired) electrons. The fraction of sp³-hybridized carbons (Fsp3) is 0.667. The van der Waals surface area contributed by atoms with Crippen molar-refractivity contribution in [3.63, 3.8) is 0 Å². The third-order valence-electron chi connectivity index (χ3n) is 4.09. The molecule has 2 heterocycles. The van der Waals surface area contributed by atoms with Gasteiger partial charge in [0.2, 0.25) is 5.91 Å². The van der Waals surface area contributed by atoms with Crippen LogP contribution in [0.1, 0.15) is 24.2 Å². The Labute approximate surface area is 131 Å². The number of hydrogen-bond donors (Lipinski definition) is 0. The maximum Gasteiger partial charge on any atom is 0.257 e. The maximum absolute atomic E-state index is 12.3. The Balaban J connectivity index is 1.83. The van der Waals surface area contributed by atoms with Crippen LogP contribution in [-0.2, 0) is 11.8 Å². The standard InChI is InChI=1S/C15H25N5O2/c1-4-19(5-2)14(21)12-18-6-8-20(9-7-18)15(22)13-10-16-17(3)11-13/h10-11H,4-9,12H2,1-3H3. The minimum atomic E-state index is 0.0165. The normalized spacial score (nSPS) is 15.9. The van der Waals surface area contributed by atoms with Crippen molar-refractivity contribution in [2.75, 3.05) is 45.8 Å². The van der Waals surface area contributed by atoms with E-state index in [4.69, 9.17) is 0 Å². The lowest BCUT2D eigenvalue weighted by Gasteiger charge is -2.35. The molecule has 1 aromatic rings. The van der Waals surface area contributed by atoms with E-state index in [1.807, 2.05) is 23.6 Å². The van der Waals surface area contributed by atoms with E-state index in [0.29, 0.717) is 25.2 Å². The van der Waals surface area contributed by atoms with Crippen LogP contribution < -0.4 is 0 Å². The van der Waals surface area contributed by atoms with Gasteiger partial charge < -0.3 is 9.80 Å². The van der Waals surface area contributed by atoms with Crippen molar-refractivity contribution in [3.8, 4) is 0 Å². The van der Waals surface area contributed by atoms with Gasteiger partial charge in [0.05, 0.1) is 18.3 Å². The Bertz CT molecular complexity index is 516. The minimum Gasteiger partial charge on any atom is -0.342 e. The highest BCUT2D eigenvalue weighted by atomic mass is 16.2. The first-order valence-electron chi connectivity index (χ1n) is 7.83. The Morgan fingerprint density at radius 2 is 1.82 bits per heavy atom. The summed E-state index contributed by atoms with van der Waals surface area (Å²) >= 11 is 0. The second-order valence-corrected chi connectivity index (χ2v) is 5.54. The molecule has 1 aromatic heterocycles. The van der Waals surface area contributed by atoms with E-state index in [1.54, 1.807) is 24.1 Å². The lowest BCUT2D eigenvalue weighted by Crippen LogP contribution is -2.51. The molecule has 0 N–H and O–H groups in total. The zero-order valence-electron chi connectivity index (χ0n) is 13.7. The molecule has 0 bridgehead atoms. The third-order valence-corrected chi connectivity index (χ3v) is 4.09. The topological polar surface area (TPSA) is 61.7 Å². The first-order chi connectivity index (χ1) is 10.5. The maximum atomic E-state index is 12.3. The zero-order valence-corrected chi connectivity index (χ0v) is 13.7. The van der Waals surface area contributed by atoms with Gasteiger partial charge in [0, 0.05) is 52.5 Å². The monoisotopic (exact) mass is 307 g/mol. The summed E-state index contributed by atoms with van der Waals surface area (Å²) < 4.78 is 1.63. The Morgan fingerprint density at radius 3 is 2.32 bits per heavy atom. The molecule has 22 heavy (non-hydrogen) atoms. The van der Waals surface area contributed by atoms with Crippen LogP contribution in [0.2, 0.25) is 0 Å². The SMILES string of the molecule is CCN(CC)C(=O)CN1CCN(C(=O)c2cnn(C)c2)CC1. The molecule has 0 unspecified atom stereocenters. The number of hydrogen-bond acceptors (Lipinski definition) is 4. The van der Waals surface area contributed by atoms with E-state index in [0.717, 1.165) is 26.2 Å². The summed E-state index contributed by atoms with van der Waals surface area (Å²) in [5.74, 6) is 0.180. The second kappa shape index (κ2) is 7.40. The number of piperazine rings is 1. The largest absolute Gasteiger partial charge is 0.342 e. The van der Waals surface area contributed by atoms with Gasteiger partial charge in [0.1, 0.15) is 0 Å². The van der Waals surface area contributed by atoms with Crippen molar-refractivity contribution >= 4 is 11.8 Å². The molecular formula is C15H25N5O2. The van der Waals surface area contributed by atoms with Crippen molar-refractivity contribution in [2.24, 2.45) is 7.05 Å². The molecule has 0 atom stereocenters. The zero-order chi connectivity index (χ0) is 16.1. The van der Waals surface area contributed by atoms with Gasteiger partial charge in [0.15, 0.2) is 0 Å². The summed E-state index contributed by atoms with van der Waals surface area (Å²) in [5, 5.41) is 4.03. The molecule has 7 nitrogen and oxygen atoms in total. The van der Waals surface area contributed by atoms with Crippen LogP contribution in [0, 0.1) is 0 Å². The van der Waals surface area contributed by atoms with Crippen LogP contribution in [0.15, 0.2) is 12.4 Å². The van der Waals surface area contributed by atoms with E-state index in [-0.39, 0.29) is 11.8 Å². The summed E-state index contributed by atoms with van der Waals surface area (Å²) in [5.41, 5.74) is 0.621. The van der Waals surface area contributed by atoms with Crippen molar-refractivity contribution < 1.29 is 9.59 Å². The summed E-state index contributed by atoms with van der Waals surface area (Å²) in [7, 11) is 1.80. The Hall–Kier alpha value is -1.89. The predicted molar refractivity (Wildman–Crippen MR) is 83.5 cm³/mol. The Kier molecular flexibility index (Phi) is 5.54. The van der Waals surface area contributed by atoms with Crippen LogP contribution in [0.25, 0.3) is 0 Å².